The van der Waals surface area contributed by atoms with E-state index in [1.54, 1.807) is 0 Å². The number of benzene rings is 1. The molecule has 1 N–H and O–H groups in total. The lowest BCUT2D eigenvalue weighted by atomic mass is 10.0. The van der Waals surface area contributed by atoms with Gasteiger partial charge in [-0.15, -0.1) is 0 Å². The Morgan fingerprint density at radius 1 is 1.00 bits per heavy atom. The smallest absolute Gasteiger partial charge is 0.0470 e. The normalized spacial score (nSPS) is 12.1. The molecule has 0 radical (unpaired) electrons. The van der Waals surface area contributed by atoms with Crippen molar-refractivity contribution in [2.24, 2.45) is 0 Å². The molecule has 0 saturated heterocycles. The van der Waals surface area contributed by atoms with Crippen LogP contribution in [0.3, 0.4) is 0 Å². The molecule has 0 aliphatic rings. The zero-order valence-corrected chi connectivity index (χ0v) is 14.0. The number of nitrogens with zero attached hydrogens (tertiary/aromatic N) is 1. The zero-order valence-electron chi connectivity index (χ0n) is 14.0. The van der Waals surface area contributed by atoms with Crippen molar-refractivity contribution >= 4 is 0 Å². The van der Waals surface area contributed by atoms with Crippen LogP contribution in [-0.4, -0.2) is 10.1 Å². The van der Waals surface area contributed by atoms with E-state index in [4.69, 9.17) is 0 Å². The Morgan fingerprint density at radius 3 is 2.24 bits per heavy atom. The first-order chi connectivity index (χ1) is 9.83. The summed E-state index contributed by atoms with van der Waals surface area (Å²) in [5, 5.41) is 3.52. The van der Waals surface area contributed by atoms with E-state index in [0.717, 1.165) is 13.1 Å². The van der Waals surface area contributed by atoms with Gasteiger partial charge in [-0.05, 0) is 49.4 Å². The van der Waals surface area contributed by atoms with E-state index >= 15 is 0 Å². The number of aromatic nitrogens is 1. The van der Waals surface area contributed by atoms with Crippen LogP contribution in [0, 0.1) is 0 Å². The molecule has 2 nitrogen and oxygen atoms in total. The summed E-state index contributed by atoms with van der Waals surface area (Å²) in [6.45, 7) is 12.9. The van der Waals surface area contributed by atoms with E-state index in [9.17, 15) is 0 Å². The second kappa shape index (κ2) is 6.48. The summed E-state index contributed by atoms with van der Waals surface area (Å²) in [7, 11) is 0. The van der Waals surface area contributed by atoms with Crippen molar-refractivity contribution in [1.29, 1.82) is 0 Å². The first kappa shape index (κ1) is 15.8. The minimum Gasteiger partial charge on any atom is -0.350 e. The average Bonchev–Trinajstić information content (AvgIpc) is 2.84. The summed E-state index contributed by atoms with van der Waals surface area (Å²) in [6.07, 6.45) is 4.39. The van der Waals surface area contributed by atoms with Gasteiger partial charge in [0.1, 0.15) is 0 Å². The van der Waals surface area contributed by atoms with Gasteiger partial charge < -0.3 is 9.88 Å². The van der Waals surface area contributed by atoms with E-state index in [1.165, 1.54) is 16.7 Å². The van der Waals surface area contributed by atoms with Crippen LogP contribution < -0.4 is 5.32 Å². The fourth-order valence-corrected chi connectivity index (χ4v) is 2.28. The Balaban J connectivity index is 1.96. The molecule has 1 heterocycles. The Kier molecular flexibility index (Phi) is 4.89. The SMILES string of the molecule is CC(C)c1ccc(Cn2ccc(CNC(C)(C)C)c2)cc1. The van der Waals surface area contributed by atoms with Gasteiger partial charge in [0, 0.05) is 31.0 Å². The van der Waals surface area contributed by atoms with E-state index in [2.05, 4.69) is 87.2 Å². The lowest BCUT2D eigenvalue weighted by Crippen LogP contribution is -2.34. The summed E-state index contributed by atoms with van der Waals surface area (Å²) < 4.78 is 2.25. The van der Waals surface area contributed by atoms with E-state index in [1.807, 2.05) is 0 Å². The number of hydrogen-bond acceptors (Lipinski definition) is 1. The molecule has 0 aliphatic carbocycles. The van der Waals surface area contributed by atoms with Gasteiger partial charge in [-0.1, -0.05) is 38.1 Å². The lowest BCUT2D eigenvalue weighted by Gasteiger charge is -2.19. The van der Waals surface area contributed by atoms with Crippen LogP contribution in [0.2, 0.25) is 0 Å². The first-order valence-corrected chi connectivity index (χ1v) is 7.82. The largest absolute Gasteiger partial charge is 0.350 e. The topological polar surface area (TPSA) is 17.0 Å². The standard InChI is InChI=1S/C19H28N2/c1-15(2)18-8-6-16(7-9-18)13-21-11-10-17(14-21)12-20-19(3,4)5/h6-11,14-15,20H,12-13H2,1-5H3. The first-order valence-electron chi connectivity index (χ1n) is 7.82. The highest BCUT2D eigenvalue weighted by atomic mass is 15.0. The van der Waals surface area contributed by atoms with Crippen LogP contribution in [-0.2, 0) is 13.1 Å². The highest BCUT2D eigenvalue weighted by molar-refractivity contribution is 5.25. The molecule has 2 heteroatoms. The fraction of sp³-hybridized carbons (Fsp3) is 0.474. The third-order valence-corrected chi connectivity index (χ3v) is 3.65. The van der Waals surface area contributed by atoms with Crippen LogP contribution in [0.25, 0.3) is 0 Å². The summed E-state index contributed by atoms with van der Waals surface area (Å²) in [4.78, 5) is 0. The molecule has 2 rings (SSSR count). The van der Waals surface area contributed by atoms with Crippen LogP contribution in [0.5, 0.6) is 0 Å². The van der Waals surface area contributed by atoms with Crippen LogP contribution in [0.15, 0.2) is 42.7 Å². The van der Waals surface area contributed by atoms with Crippen molar-refractivity contribution < 1.29 is 0 Å². The number of hydrogen-bond donors (Lipinski definition) is 1. The summed E-state index contributed by atoms with van der Waals surface area (Å²) in [5.41, 5.74) is 4.25. The molecule has 0 aliphatic heterocycles. The van der Waals surface area contributed by atoms with E-state index < -0.39 is 0 Å². The molecule has 0 unspecified atom stereocenters. The van der Waals surface area contributed by atoms with Crippen LogP contribution in [0.4, 0.5) is 0 Å². The minimum absolute atomic E-state index is 0.161. The van der Waals surface area contributed by atoms with E-state index in [0.29, 0.717) is 5.92 Å². The second-order valence-electron chi connectivity index (χ2n) is 7.19. The quantitative estimate of drug-likeness (QED) is 0.852. The van der Waals surface area contributed by atoms with Crippen molar-refractivity contribution in [2.75, 3.05) is 0 Å². The molecule has 2 aromatic rings. The second-order valence-corrected chi connectivity index (χ2v) is 7.19. The van der Waals surface area contributed by atoms with Gasteiger partial charge in [0.15, 0.2) is 0 Å². The predicted octanol–water partition coefficient (Wildman–Crippen LogP) is 4.55. The maximum absolute atomic E-state index is 3.52. The van der Waals surface area contributed by atoms with Gasteiger partial charge in [-0.25, -0.2) is 0 Å². The molecule has 21 heavy (non-hydrogen) atoms. The van der Waals surface area contributed by atoms with Crippen molar-refractivity contribution in [3.63, 3.8) is 0 Å². The molecule has 0 saturated carbocycles. The number of nitrogens with one attached hydrogen (secondary N) is 1. The van der Waals surface area contributed by atoms with Gasteiger partial charge in [-0.2, -0.15) is 0 Å². The van der Waals surface area contributed by atoms with E-state index in [-0.39, 0.29) is 5.54 Å². The van der Waals surface area contributed by atoms with Gasteiger partial charge in [-0.3, -0.25) is 0 Å². The van der Waals surface area contributed by atoms with Crippen molar-refractivity contribution in [3.05, 3.63) is 59.4 Å². The molecule has 0 spiro atoms. The highest BCUT2D eigenvalue weighted by Gasteiger charge is 2.08. The van der Waals surface area contributed by atoms with Gasteiger partial charge >= 0.3 is 0 Å². The average molecular weight is 284 g/mol. The lowest BCUT2D eigenvalue weighted by molar-refractivity contribution is 0.424. The molecule has 0 amide bonds. The Hall–Kier alpha value is -1.54. The monoisotopic (exact) mass is 284 g/mol. The molecule has 0 bridgehead atoms. The Labute approximate surface area is 129 Å². The molecule has 114 valence electrons. The molecule has 1 aromatic carbocycles. The van der Waals surface area contributed by atoms with Gasteiger partial charge in [0.2, 0.25) is 0 Å². The van der Waals surface area contributed by atoms with Gasteiger partial charge in [0.05, 0.1) is 0 Å². The summed E-state index contributed by atoms with van der Waals surface area (Å²) >= 11 is 0. The van der Waals surface area contributed by atoms with Gasteiger partial charge in [0.25, 0.3) is 0 Å². The maximum atomic E-state index is 3.52. The molecule has 0 atom stereocenters. The fourth-order valence-electron chi connectivity index (χ4n) is 2.28. The minimum atomic E-state index is 0.161. The molecular formula is C19H28N2. The summed E-state index contributed by atoms with van der Waals surface area (Å²) in [6, 6.07) is 11.2. The summed E-state index contributed by atoms with van der Waals surface area (Å²) in [5.74, 6) is 0.598. The zero-order chi connectivity index (χ0) is 15.5. The Bertz CT molecular complexity index is 556. The molecule has 1 aromatic heterocycles. The third-order valence-electron chi connectivity index (χ3n) is 3.65. The maximum Gasteiger partial charge on any atom is 0.0470 e. The van der Waals surface area contributed by atoms with Crippen molar-refractivity contribution in [1.82, 2.24) is 9.88 Å². The Morgan fingerprint density at radius 2 is 1.67 bits per heavy atom. The number of rotatable bonds is 5. The third kappa shape index (κ3) is 5.05. The highest BCUT2D eigenvalue weighted by Crippen LogP contribution is 2.15. The van der Waals surface area contributed by atoms with Crippen LogP contribution in [0.1, 0.15) is 57.2 Å². The predicted molar refractivity (Wildman–Crippen MR) is 90.7 cm³/mol. The van der Waals surface area contributed by atoms with Crippen molar-refractivity contribution in [2.45, 2.75) is 59.2 Å². The molecular weight excluding hydrogens is 256 g/mol. The molecule has 0 fully saturated rings. The van der Waals surface area contributed by atoms with Crippen LogP contribution >= 0.6 is 0 Å². The van der Waals surface area contributed by atoms with Crippen molar-refractivity contribution in [3.8, 4) is 0 Å².